The third-order valence-corrected chi connectivity index (χ3v) is 23.9. The number of azide groups is 1. The van der Waals surface area contributed by atoms with Crippen molar-refractivity contribution in [1.82, 2.24) is 16.0 Å². The van der Waals surface area contributed by atoms with Gasteiger partial charge in [-0.05, 0) is 108 Å². The number of aliphatic imine (C=N–C) groups is 3. The number of rotatable bonds is 41. The number of aliphatic hydroxyl groups excluding tert-OH is 17. The minimum absolute atomic E-state index is 0.0203. The summed E-state index contributed by atoms with van der Waals surface area (Å²) in [4.78, 5) is 157. The predicted molar refractivity (Wildman–Crippen MR) is 521 cm³/mol. The van der Waals surface area contributed by atoms with Gasteiger partial charge in [0.2, 0.25) is 5.91 Å². The van der Waals surface area contributed by atoms with Crippen LogP contribution in [-0.2, 0) is 135 Å². The van der Waals surface area contributed by atoms with E-state index in [2.05, 4.69) is 86.1 Å². The van der Waals surface area contributed by atoms with Crippen LogP contribution in [0.4, 0.5) is 4.79 Å². The molecule has 0 radical (unpaired) electrons. The number of nitrogens with zero attached hydrogens (tertiary/aromatic N) is 6. The molecule has 3 aromatic rings. The molecule has 0 saturated carbocycles. The van der Waals surface area contributed by atoms with Crippen LogP contribution >= 0.6 is 18.8 Å². The zero-order chi connectivity index (χ0) is 113. The molecule has 56 nitrogen and oxygen atoms in total. The molecule has 7 aliphatic heterocycles. The maximum absolute atomic E-state index is 13.0. The number of carbonyl (C=O) groups is 12. The number of fused-ring (bicyclic) bond motifs is 4. The Morgan fingerprint density at radius 1 is 0.607 bits per heavy atom. The van der Waals surface area contributed by atoms with E-state index in [0.29, 0.717) is 31.3 Å². The Balaban J connectivity index is 0.000000338. The number of ether oxygens (including phenoxy) is 12. The Morgan fingerprint density at radius 2 is 1.09 bits per heavy atom. The van der Waals surface area contributed by atoms with Crippen molar-refractivity contribution in [1.29, 1.82) is 0 Å². The van der Waals surface area contributed by atoms with Crippen molar-refractivity contribution < 1.29 is 222 Å². The van der Waals surface area contributed by atoms with Crippen molar-refractivity contribution in [2.75, 3.05) is 66.2 Å². The van der Waals surface area contributed by atoms with Crippen LogP contribution in [0.25, 0.3) is 21.6 Å². The van der Waals surface area contributed by atoms with Gasteiger partial charge in [0.25, 0.3) is 5.91 Å². The molecule has 3 amide bonds. The molecule has 7 heterocycles. The van der Waals surface area contributed by atoms with Crippen molar-refractivity contribution in [2.24, 2.45) is 43.4 Å². The average molecular weight is 2210 g/mol. The van der Waals surface area contributed by atoms with E-state index in [0.717, 1.165) is 27.8 Å². The van der Waals surface area contributed by atoms with Crippen LogP contribution in [0.2, 0.25) is 0 Å². The average Bonchev–Trinajstić information content (AvgIpc) is 1.61. The molecule has 60 heteroatoms. The molecule has 3 aromatic carbocycles. The number of esters is 3. The normalized spacial score (nSPS) is 25.3. The Morgan fingerprint density at radius 3 is 1.55 bits per heavy atom. The van der Waals surface area contributed by atoms with E-state index < -0.39 is 310 Å². The second kappa shape index (κ2) is 60.5. The number of nitrogens with one attached hydrogen (secondary N) is 3. The Bertz CT molecular complexity index is 5170. The summed E-state index contributed by atoms with van der Waals surface area (Å²) in [6, 6.07) is 14.3. The number of aliphatic carboxylic acids is 4. The molecule has 28 atom stereocenters. The number of nitrogens with two attached hydrogens (primary N) is 2. The van der Waals surface area contributed by atoms with Gasteiger partial charge in [0, 0.05) is 47.6 Å². The van der Waals surface area contributed by atoms with Crippen molar-refractivity contribution in [3.8, 4) is 11.1 Å². The number of cyclic esters (lactones) is 1. The van der Waals surface area contributed by atoms with Gasteiger partial charge in [-0.15, -0.1) is 0 Å². The van der Waals surface area contributed by atoms with Crippen LogP contribution in [0.3, 0.4) is 0 Å². The third kappa shape index (κ3) is 37.9. The van der Waals surface area contributed by atoms with Crippen LogP contribution in [-0.4, -0.2) is 444 Å². The van der Waals surface area contributed by atoms with E-state index >= 15 is 0 Å². The van der Waals surface area contributed by atoms with E-state index in [-0.39, 0.29) is 42.8 Å². The number of benzene rings is 3. The number of aliphatic hydroxyl groups is 17. The van der Waals surface area contributed by atoms with E-state index in [1.54, 1.807) is 67.5 Å². The van der Waals surface area contributed by atoms with Crippen molar-refractivity contribution in [2.45, 2.75) is 281 Å². The number of hydrogen-bond acceptors (Lipinski definition) is 50. The van der Waals surface area contributed by atoms with Crippen molar-refractivity contribution in [3.05, 3.63) is 105 Å². The third-order valence-electron chi connectivity index (χ3n) is 23.4. The first-order valence-corrected chi connectivity index (χ1v) is 49.4. The fourth-order valence-corrected chi connectivity index (χ4v) is 15.8. The van der Waals surface area contributed by atoms with Gasteiger partial charge >= 0.3 is 77.6 Å². The number of carboxylic acids is 4. The molecule has 0 bridgehead atoms. The molecule has 5 saturated heterocycles. The number of carboxylic acid groups (broad SMARTS) is 4. The molecule has 8 aliphatic rings. The van der Waals surface area contributed by atoms with Gasteiger partial charge in [-0.25, -0.2) is 24.2 Å². The number of methoxy groups -OCH3 is 2. The molecule has 1 aliphatic carbocycles. The molecular weight excluding hydrogens is 2080 g/mol. The predicted octanol–water partition coefficient (Wildman–Crippen LogP) is -6.44. The molecule has 5 fully saturated rings. The Labute approximate surface area is 872 Å². The molecule has 11 rings (SSSR count). The zero-order valence-corrected chi connectivity index (χ0v) is 85.8. The molecule has 150 heavy (non-hydrogen) atoms. The second-order valence-electron chi connectivity index (χ2n) is 36.1. The van der Waals surface area contributed by atoms with Gasteiger partial charge in [0.1, 0.15) is 122 Å². The Kier molecular flexibility index (Phi) is 52.5. The first-order valence-electron chi connectivity index (χ1n) is 45.8. The number of Topliss-reactive ketones (excluding diaryl/α,β-unsaturated/α-hetero) is 2. The van der Waals surface area contributed by atoms with E-state index in [1.807, 2.05) is 53.8 Å². The number of carbonyl (C=O) groups excluding carboxylic acids is 8. The van der Waals surface area contributed by atoms with E-state index in [9.17, 15) is 109 Å². The quantitative estimate of drug-likeness (QED) is 0.00367. The first kappa shape index (κ1) is 130. The number of alkyl carbamates (subject to hydrolysis) is 1. The van der Waals surface area contributed by atoms with Gasteiger partial charge in [-0.1, -0.05) is 77.9 Å². The van der Waals surface area contributed by atoms with Gasteiger partial charge in [0.15, 0.2) is 83.3 Å². The van der Waals surface area contributed by atoms with Crippen LogP contribution in [0, 0.1) is 11.8 Å². The monoisotopic (exact) mass is 2210 g/mol. The van der Waals surface area contributed by atoms with Crippen LogP contribution in [0.1, 0.15) is 120 Å². The molecule has 11 unspecified atom stereocenters. The van der Waals surface area contributed by atoms with Gasteiger partial charge in [-0.3, -0.25) is 53.7 Å². The zero-order valence-electron chi connectivity index (χ0n) is 82.4. The summed E-state index contributed by atoms with van der Waals surface area (Å²) in [7, 11) is 2.43. The summed E-state index contributed by atoms with van der Waals surface area (Å²) >= 11 is 12.2. The van der Waals surface area contributed by atoms with Crippen LogP contribution in [0.15, 0.2) is 92.9 Å². The van der Waals surface area contributed by atoms with Crippen LogP contribution in [0.5, 0.6) is 0 Å². The van der Waals surface area contributed by atoms with Gasteiger partial charge < -0.3 is 186 Å². The van der Waals surface area contributed by atoms with Gasteiger partial charge in [0.05, 0.1) is 71.4 Å². The molecule has 28 N–H and O–H groups in total. The van der Waals surface area contributed by atoms with Crippen molar-refractivity contribution in [3.63, 3.8) is 0 Å². The minimum atomic E-state index is -2.16. The summed E-state index contributed by atoms with van der Waals surface area (Å²) < 4.78 is 64.3. The molecule has 836 valence electrons. The first-order chi connectivity index (χ1) is 70.2. The Hall–Kier alpha value is -10.2. The molecule has 0 spiro atoms. The maximum atomic E-state index is 13.0. The number of hydrogen-bond donors (Lipinski definition) is 27. The van der Waals surface area contributed by atoms with Crippen LogP contribution < -0.4 is 27.4 Å². The number of guanidine groups is 1. The summed E-state index contributed by atoms with van der Waals surface area (Å²) in [5.74, 6) is -17.7. The fraction of sp³-hybridized carbons (Fsp3) is 0.633. The molecule has 0 aromatic heterocycles. The SMILES string of the molecule is COC(=O)C(O)C1OC(C)(C)OC1[C@H]1COC(C)(C)O1.COC(=O)[C@@H](N=[N+]=[N-])C1OC(C)(C)OC1[C@H]1COC(C)(C)O1.NC1=NC2N=CC(CCc3ccc(C(=O)CC(CCC(=O)N[C@H](C(=O)CC(CS)C(=O)O)[C@@H](O)[C@H](O)[C@H](O)CO)C(=O)O)cc3)=NC2C(=O)N1.N[C@H](C(=O)O)[C@@H](O)[C@H](O)[C@H](O)CO.O=C(N[C@H](C(=O)O)[C@@H](O)[C@H](O)[C@H](O)CO)OCC1c2ccccc2-c2ccccc21.O=C1OC(CO)[C@@H](O)[C@H](O)C1O.S=[P+]=S. The number of amides is 3. The summed E-state index contributed by atoms with van der Waals surface area (Å²) in [5.41, 5.74) is 24.8. The van der Waals surface area contributed by atoms with Crippen molar-refractivity contribution >= 4 is 132 Å². The summed E-state index contributed by atoms with van der Waals surface area (Å²) in [6.07, 6.45) is -29.2. The topological polar surface area (TPSA) is 914 Å². The number of thiol groups is 1. The standard InChI is InChI=1S/C31H40N6O12S.C21H23NO8.C13H21N3O6.C13H22O7.C6H13NO6.C6H10O6.PS2/c32-31-36-27-24(28(45)37-31)34-18(11-33-27)7-3-14-1-4-15(5-2-14)19(39)9-16(29(46)47)6-8-22(42)35-23(26(44)25(43)21(41)12-38)20(40)10-17(13-50)30(48)49;23-9-16(24)18(25)19(26)17(20(27)28)22-21(29)30-10-15-13-7-3-1-5-11(13)12-6-2-4-8-14(12)15;1-12(2)19-6-7(20-12)9-10(22-13(3,4)21-9)8(15-16-14)11(17)18-5;1-12(2)17-6-7(18-12)9-10(8(14)11(15)16-5)20-13(3,4)19-9;7-3(6(12)13)5(11)4(10)2(9)1-8;7-1-2-3(8)4(9)5(10)6(11)12-2;2-1-3/h1-2,4-5,11,16-17,21,23-27,38,41,43-44,50H,3,6-10,12-13H2,(H,35,42)(H,46,47)(H,48,49)(H3,32,36,37,45);1-8,15-19,23-26H,9-10H2,(H,22,29)(H,27,28);7-10H,6H2,1-5H3;7-10,14H,6H2,1-5H3;2-5,8-11H,1,7H2,(H,12,13);2-5,7-10H,1H2;/q;;;;;;+1/t16?,17?,21-,23-,24?,25-,26-,27?;16-,17+,18-,19-;7-,8+,9?,10?;7-,8?,9?,10?;2-,3+,4-,5-;2?,3-,4+,5?;/m111111./s1. The number of ketones is 2. The van der Waals surface area contributed by atoms with E-state index in [4.69, 9.17) is 116 Å². The number of aryl methyl sites for hydroxylation is 1. The summed E-state index contributed by atoms with van der Waals surface area (Å²) in [5, 5.41) is 205. The van der Waals surface area contributed by atoms with E-state index in [1.165, 1.54) is 32.6 Å². The molecular formula is C90H129N11O45PS3+. The fourth-order valence-electron chi connectivity index (χ4n) is 15.5. The summed E-state index contributed by atoms with van der Waals surface area (Å²) in [6.45, 7) is 11.3. The second-order valence-corrected chi connectivity index (χ2v) is 38.4. The van der Waals surface area contributed by atoms with Gasteiger partial charge in [-0.2, -0.15) is 12.6 Å².